The fourth-order valence-corrected chi connectivity index (χ4v) is 17.7. The third-order valence-electron chi connectivity index (χ3n) is 11.7. The summed E-state index contributed by atoms with van der Waals surface area (Å²) in [6.45, 7) is 16.2. The van der Waals surface area contributed by atoms with Crippen molar-refractivity contribution in [2.45, 2.75) is 154 Å². The van der Waals surface area contributed by atoms with Crippen molar-refractivity contribution in [3.05, 3.63) is 141 Å². The van der Waals surface area contributed by atoms with Crippen LogP contribution in [0.4, 0.5) is 0 Å². The van der Waals surface area contributed by atoms with Crippen molar-refractivity contribution in [1.82, 2.24) is 0 Å². The van der Waals surface area contributed by atoms with Crippen molar-refractivity contribution in [2.75, 3.05) is 26.4 Å². The molecule has 0 amide bonds. The van der Waals surface area contributed by atoms with Crippen LogP contribution in [-0.4, -0.2) is 53.3 Å². The van der Waals surface area contributed by atoms with Gasteiger partial charge in [-0.15, -0.1) is 11.8 Å². The maximum absolute atomic E-state index is 8.80. The number of hydrogen-bond donors (Lipinski definition) is 2. The molecule has 0 unspecified atom stereocenters. The molecule has 358 valence electrons. The van der Waals surface area contributed by atoms with Crippen molar-refractivity contribution in [2.24, 2.45) is 0 Å². The quantitative estimate of drug-likeness (QED) is 0.0216. The minimum Gasteiger partial charge on any atom is -0.407 e. The maximum atomic E-state index is 8.80. The van der Waals surface area contributed by atoms with E-state index in [1.807, 2.05) is 0 Å². The predicted molar refractivity (Wildman–Crippen MR) is 281 cm³/mol. The Balaban J connectivity index is 0.00000120. The van der Waals surface area contributed by atoms with E-state index in [2.05, 4.69) is 187 Å². The molecule has 0 aliphatic carbocycles. The van der Waals surface area contributed by atoms with Crippen LogP contribution in [0, 0.1) is 19.3 Å². The fourth-order valence-electron chi connectivity index (χ4n) is 8.47. The molecule has 0 aliphatic rings. The van der Waals surface area contributed by atoms with E-state index in [1.165, 1.54) is 52.9 Å². The first-order valence-corrected chi connectivity index (χ1v) is 27.7. The second kappa shape index (κ2) is 33.4. The molecule has 4 nitrogen and oxygen atoms in total. The molecular formula is C57H87NiO4Si2-. The molecule has 4 aromatic rings. The Kier molecular flexibility index (Phi) is 30.8. The molecule has 0 heterocycles. The molecule has 0 saturated carbocycles. The summed E-state index contributed by atoms with van der Waals surface area (Å²) in [6, 6.07) is 43.6. The summed E-state index contributed by atoms with van der Waals surface area (Å²) in [4.78, 5) is 0. The monoisotopic (exact) mass is 950 g/mol. The number of aliphatic hydroxyl groups excluding tert-OH is 2. The van der Waals surface area contributed by atoms with E-state index < -0.39 is 16.6 Å². The molecule has 64 heavy (non-hydrogen) atoms. The van der Waals surface area contributed by atoms with E-state index >= 15 is 0 Å². The zero-order chi connectivity index (χ0) is 44.8. The van der Waals surface area contributed by atoms with Gasteiger partial charge in [-0.25, -0.2) is 0 Å². The second-order valence-electron chi connectivity index (χ2n) is 18.6. The Bertz CT molecular complexity index is 1720. The Morgan fingerprint density at radius 1 is 0.438 bits per heavy atom. The minimum atomic E-state index is -2.39. The Labute approximate surface area is 405 Å². The fraction of sp³-hybridized carbons (Fsp3) is 0.491. The summed E-state index contributed by atoms with van der Waals surface area (Å²) in [5, 5.41) is 23.1. The van der Waals surface area contributed by atoms with E-state index in [0.29, 0.717) is 6.61 Å². The Morgan fingerprint density at radius 2 is 0.719 bits per heavy atom. The summed E-state index contributed by atoms with van der Waals surface area (Å²) >= 11 is 0. The van der Waals surface area contributed by atoms with Crippen molar-refractivity contribution in [1.29, 1.82) is 0 Å². The summed E-state index contributed by atoms with van der Waals surface area (Å²) < 4.78 is 13.9. The van der Waals surface area contributed by atoms with Gasteiger partial charge in [0.2, 0.25) is 0 Å². The summed E-state index contributed by atoms with van der Waals surface area (Å²) in [6.07, 6.45) is 22.1. The van der Waals surface area contributed by atoms with Crippen molar-refractivity contribution in [3.63, 3.8) is 0 Å². The molecule has 4 rings (SSSR count). The third-order valence-corrected chi connectivity index (χ3v) is 21.8. The van der Waals surface area contributed by atoms with Gasteiger partial charge in [0.25, 0.3) is 16.6 Å². The van der Waals surface area contributed by atoms with Crippen LogP contribution in [0.5, 0.6) is 0 Å². The molecule has 4 aromatic carbocycles. The van der Waals surface area contributed by atoms with Gasteiger partial charge in [0.15, 0.2) is 0 Å². The van der Waals surface area contributed by atoms with Gasteiger partial charge < -0.3 is 26.5 Å². The van der Waals surface area contributed by atoms with Crippen LogP contribution >= 0.6 is 0 Å². The molecule has 0 aromatic heterocycles. The number of aliphatic hydroxyl groups is 2. The Hall–Kier alpha value is -3.05. The van der Waals surface area contributed by atoms with E-state index in [4.69, 9.17) is 19.1 Å². The van der Waals surface area contributed by atoms with Gasteiger partial charge in [-0.3, -0.25) is 0 Å². The van der Waals surface area contributed by atoms with E-state index in [0.717, 1.165) is 83.8 Å². The molecule has 0 atom stereocenters. The SMILES string of the molecule is CC(C)(C)[Si](OCCCCCC/C=C\CCCCO)(c1ccccc1)c1ccccc1.CC(C)(C)[Si](OCCCCCCC#CCCCCO)(c1ccccc1)c1ccccc1.[CH3-].[HH].[Ni]. The number of hydrogen-bond acceptors (Lipinski definition) is 4. The first-order chi connectivity index (χ1) is 30.0. The van der Waals surface area contributed by atoms with Crippen LogP contribution in [0.25, 0.3) is 0 Å². The molecular weight excluding hydrogens is 863 g/mol. The molecule has 7 heteroatoms. The smallest absolute Gasteiger partial charge is 0.261 e. The van der Waals surface area contributed by atoms with Gasteiger partial charge >= 0.3 is 0 Å². The number of unbranched alkanes of at least 4 members (excludes halogenated alkanes) is 12. The van der Waals surface area contributed by atoms with E-state index in [-0.39, 0.29) is 42.0 Å². The first kappa shape index (κ1) is 59.0. The Morgan fingerprint density at radius 3 is 1.05 bits per heavy atom. The van der Waals surface area contributed by atoms with E-state index in [1.54, 1.807) is 0 Å². The van der Waals surface area contributed by atoms with Gasteiger partial charge in [-0.2, -0.15) is 0 Å². The maximum Gasteiger partial charge on any atom is 0.261 e. The van der Waals surface area contributed by atoms with Crippen LogP contribution in [0.3, 0.4) is 0 Å². The van der Waals surface area contributed by atoms with Gasteiger partial charge in [-0.05, 0) is 95.0 Å². The van der Waals surface area contributed by atoms with Crippen LogP contribution in [0.1, 0.15) is 146 Å². The topological polar surface area (TPSA) is 58.9 Å². The molecule has 0 fully saturated rings. The molecule has 0 bridgehead atoms. The summed E-state index contributed by atoms with van der Waals surface area (Å²) in [7, 11) is -4.76. The van der Waals surface area contributed by atoms with Crippen molar-refractivity contribution < 1.29 is 37.0 Å². The predicted octanol–water partition coefficient (Wildman–Crippen LogP) is 12.6. The molecule has 2 N–H and O–H groups in total. The standard InChI is InChI=1S/C28H42O2Si.C28H40O2Si.CH3.Ni.H2/c2*1-28(2,3)31(26-20-14-12-15-21-26,27-22-16-13-17-23-27)30-25-19-11-9-7-5-4-6-8-10-18-24-29;;;/h4,6,12-17,20-23,29H,5,7-11,18-19,24-25H2,1-3H3;12-17,20-23,29H,5,7-11,18-19,24-25H2,1-3H3;1H3;;1H/q;;-1;;/b6-4-;;;;. The van der Waals surface area contributed by atoms with Gasteiger partial charge in [0.1, 0.15) is 0 Å². The first-order valence-electron chi connectivity index (χ1n) is 23.9. The van der Waals surface area contributed by atoms with E-state index in [9.17, 15) is 0 Å². The normalized spacial score (nSPS) is 11.8. The van der Waals surface area contributed by atoms with Crippen LogP contribution in [0.15, 0.2) is 133 Å². The average Bonchev–Trinajstić information content (AvgIpc) is 3.27. The van der Waals surface area contributed by atoms with Crippen molar-refractivity contribution >= 4 is 37.4 Å². The van der Waals surface area contributed by atoms with Gasteiger partial charge in [0.05, 0.1) is 0 Å². The molecule has 0 radical (unpaired) electrons. The van der Waals surface area contributed by atoms with Crippen LogP contribution in [0.2, 0.25) is 10.1 Å². The molecule has 0 spiro atoms. The molecule has 0 saturated heterocycles. The zero-order valence-electron chi connectivity index (χ0n) is 40.9. The number of allylic oxidation sites excluding steroid dienone is 2. The van der Waals surface area contributed by atoms with Crippen LogP contribution in [-0.2, 0) is 25.3 Å². The van der Waals surface area contributed by atoms with Gasteiger partial charge in [-0.1, -0.05) is 201 Å². The van der Waals surface area contributed by atoms with Crippen LogP contribution < -0.4 is 20.7 Å². The number of rotatable bonds is 26. The largest absolute Gasteiger partial charge is 0.407 e. The summed E-state index contributed by atoms with van der Waals surface area (Å²) in [5.74, 6) is 6.48. The molecule has 0 aliphatic heterocycles. The second-order valence-corrected chi connectivity index (χ2v) is 27.2. The van der Waals surface area contributed by atoms with Crippen molar-refractivity contribution in [3.8, 4) is 11.8 Å². The minimum absolute atomic E-state index is 0. The summed E-state index contributed by atoms with van der Waals surface area (Å²) in [5.41, 5.74) is 0. The van der Waals surface area contributed by atoms with Gasteiger partial charge in [0, 0.05) is 57.2 Å². The average molecular weight is 951 g/mol. The third kappa shape index (κ3) is 19.4. The number of benzene rings is 4. The zero-order valence-corrected chi connectivity index (χ0v) is 43.9.